The van der Waals surface area contributed by atoms with Gasteiger partial charge in [0, 0.05) is 30.4 Å². The Morgan fingerprint density at radius 3 is 2.75 bits per heavy atom. The molecule has 1 fully saturated rings. The van der Waals surface area contributed by atoms with E-state index in [2.05, 4.69) is 39.3 Å². The molecule has 0 saturated heterocycles. The van der Waals surface area contributed by atoms with Gasteiger partial charge in [0.2, 0.25) is 5.91 Å². The summed E-state index contributed by atoms with van der Waals surface area (Å²) < 4.78 is 0. The van der Waals surface area contributed by atoms with E-state index in [0.717, 1.165) is 25.3 Å². The van der Waals surface area contributed by atoms with Crippen LogP contribution in [0.25, 0.3) is 0 Å². The lowest BCUT2D eigenvalue weighted by molar-refractivity contribution is -0.121. The predicted octanol–water partition coefficient (Wildman–Crippen LogP) is 2.95. The number of nitrogens with zero attached hydrogens (tertiary/aromatic N) is 1. The van der Waals surface area contributed by atoms with E-state index in [0.29, 0.717) is 25.6 Å². The van der Waals surface area contributed by atoms with Gasteiger partial charge < -0.3 is 16.0 Å². The lowest BCUT2D eigenvalue weighted by Crippen LogP contribution is -2.41. The number of amides is 1. The molecule has 2 rings (SSSR count). The fourth-order valence-corrected chi connectivity index (χ4v) is 3.73. The van der Waals surface area contributed by atoms with E-state index in [9.17, 15) is 4.79 Å². The summed E-state index contributed by atoms with van der Waals surface area (Å²) in [6.45, 7) is 6.24. The number of carbonyl (C=O) groups excluding carboxylic acids is 1. The van der Waals surface area contributed by atoms with E-state index in [4.69, 9.17) is 0 Å². The Bertz CT molecular complexity index is 535. The second-order valence-corrected chi connectivity index (χ2v) is 7.30. The molecule has 0 atom stereocenters. The first-order valence-corrected chi connectivity index (χ1v) is 9.91. The van der Waals surface area contributed by atoms with Crippen molar-refractivity contribution in [2.75, 3.05) is 13.1 Å². The van der Waals surface area contributed by atoms with Gasteiger partial charge >= 0.3 is 0 Å². The monoisotopic (exact) mass is 350 g/mol. The third kappa shape index (κ3) is 6.51. The summed E-state index contributed by atoms with van der Waals surface area (Å²) in [6.07, 6.45) is 6.52. The molecule has 0 radical (unpaired) electrons. The second-order valence-electron chi connectivity index (χ2n) is 6.30. The summed E-state index contributed by atoms with van der Waals surface area (Å²) in [7, 11) is 0. The van der Waals surface area contributed by atoms with Crippen LogP contribution in [0, 0.1) is 6.92 Å². The Morgan fingerprint density at radius 2 is 2.08 bits per heavy atom. The Morgan fingerprint density at radius 1 is 1.29 bits per heavy atom. The molecule has 3 N–H and O–H groups in total. The van der Waals surface area contributed by atoms with Crippen LogP contribution in [0.5, 0.6) is 0 Å². The van der Waals surface area contributed by atoms with Crippen molar-refractivity contribution < 1.29 is 4.79 Å². The van der Waals surface area contributed by atoms with Crippen LogP contribution in [0.2, 0.25) is 0 Å². The predicted molar refractivity (Wildman–Crippen MR) is 102 cm³/mol. The first-order valence-electron chi connectivity index (χ1n) is 9.03. The van der Waals surface area contributed by atoms with Crippen LogP contribution in [-0.2, 0) is 11.3 Å². The first kappa shape index (κ1) is 18.8. The second kappa shape index (κ2) is 10.3. The van der Waals surface area contributed by atoms with Crippen LogP contribution >= 0.6 is 11.3 Å². The smallest absolute Gasteiger partial charge is 0.221 e. The summed E-state index contributed by atoms with van der Waals surface area (Å²) in [5, 5.41) is 11.7. The first-order chi connectivity index (χ1) is 11.7. The highest BCUT2D eigenvalue weighted by molar-refractivity contribution is 7.10. The molecule has 24 heavy (non-hydrogen) atoms. The van der Waals surface area contributed by atoms with Crippen LogP contribution in [0.1, 0.15) is 55.9 Å². The maximum Gasteiger partial charge on any atom is 0.221 e. The number of rotatable bonds is 7. The highest BCUT2D eigenvalue weighted by Crippen LogP contribution is 2.17. The Labute approximate surface area is 149 Å². The van der Waals surface area contributed by atoms with Crippen molar-refractivity contribution in [3.8, 4) is 0 Å². The van der Waals surface area contributed by atoms with Gasteiger partial charge in [-0.25, -0.2) is 4.99 Å². The van der Waals surface area contributed by atoms with Gasteiger partial charge in [-0.2, -0.15) is 0 Å². The van der Waals surface area contributed by atoms with Crippen molar-refractivity contribution in [1.29, 1.82) is 0 Å². The molecular formula is C18H30N4OS. The third-order valence-corrected chi connectivity index (χ3v) is 5.32. The van der Waals surface area contributed by atoms with Gasteiger partial charge in [-0.05, 0) is 43.7 Å². The standard InChI is InChI=1S/C18H30N4OS/c1-3-19-18(21-13-16-14(2)10-12-24-16)20-11-9-17(23)22-15-7-5-4-6-8-15/h10,12,15H,3-9,11,13H2,1-2H3,(H,22,23)(H2,19,20,21). The van der Waals surface area contributed by atoms with Gasteiger partial charge in [-0.1, -0.05) is 19.3 Å². The molecule has 1 aliphatic rings. The minimum absolute atomic E-state index is 0.138. The molecule has 0 unspecified atom stereocenters. The minimum atomic E-state index is 0.138. The highest BCUT2D eigenvalue weighted by atomic mass is 32.1. The Balaban J connectivity index is 1.72. The molecule has 1 heterocycles. The van der Waals surface area contributed by atoms with Gasteiger partial charge in [0.15, 0.2) is 5.96 Å². The van der Waals surface area contributed by atoms with Crippen LogP contribution in [-0.4, -0.2) is 31.0 Å². The Kier molecular flexibility index (Phi) is 8.08. The molecule has 1 aliphatic carbocycles. The number of guanidine groups is 1. The number of aliphatic imine (C=N–C) groups is 1. The van der Waals surface area contributed by atoms with Crippen LogP contribution in [0.4, 0.5) is 0 Å². The van der Waals surface area contributed by atoms with Gasteiger partial charge in [0.1, 0.15) is 0 Å². The van der Waals surface area contributed by atoms with Gasteiger partial charge in [0.05, 0.1) is 6.54 Å². The summed E-state index contributed by atoms with van der Waals surface area (Å²) in [6, 6.07) is 2.50. The van der Waals surface area contributed by atoms with E-state index in [1.165, 1.54) is 29.7 Å². The largest absolute Gasteiger partial charge is 0.357 e. The molecule has 0 aromatic carbocycles. The minimum Gasteiger partial charge on any atom is -0.357 e. The lowest BCUT2D eigenvalue weighted by atomic mass is 9.95. The van der Waals surface area contributed by atoms with Gasteiger partial charge in [-0.3, -0.25) is 4.79 Å². The summed E-state index contributed by atoms with van der Waals surface area (Å²) >= 11 is 1.73. The molecule has 0 bridgehead atoms. The SMILES string of the molecule is CCNC(=NCc1sccc1C)NCCC(=O)NC1CCCCC1. The van der Waals surface area contributed by atoms with Crippen molar-refractivity contribution in [2.45, 2.75) is 65.0 Å². The topological polar surface area (TPSA) is 65.5 Å². The van der Waals surface area contributed by atoms with Crippen molar-refractivity contribution in [3.05, 3.63) is 21.9 Å². The van der Waals surface area contributed by atoms with Gasteiger partial charge in [0.25, 0.3) is 0 Å². The van der Waals surface area contributed by atoms with Crippen LogP contribution < -0.4 is 16.0 Å². The van der Waals surface area contributed by atoms with Crippen molar-refractivity contribution in [2.24, 2.45) is 4.99 Å². The molecule has 1 saturated carbocycles. The molecule has 1 aromatic heterocycles. The van der Waals surface area contributed by atoms with Gasteiger partial charge in [-0.15, -0.1) is 11.3 Å². The summed E-state index contributed by atoms with van der Waals surface area (Å²) in [5.74, 6) is 0.912. The zero-order chi connectivity index (χ0) is 17.2. The zero-order valence-corrected chi connectivity index (χ0v) is 15.7. The molecule has 1 amide bonds. The van der Waals surface area contributed by atoms with E-state index >= 15 is 0 Å². The van der Waals surface area contributed by atoms with E-state index < -0.39 is 0 Å². The third-order valence-electron chi connectivity index (χ3n) is 4.31. The molecule has 0 spiro atoms. The van der Waals surface area contributed by atoms with Crippen molar-refractivity contribution >= 4 is 23.2 Å². The molecule has 134 valence electrons. The Hall–Kier alpha value is -1.56. The molecule has 1 aromatic rings. The number of thiophene rings is 1. The quantitative estimate of drug-likeness (QED) is 0.523. The fourth-order valence-electron chi connectivity index (χ4n) is 2.90. The number of nitrogens with one attached hydrogen (secondary N) is 3. The summed E-state index contributed by atoms with van der Waals surface area (Å²) in [4.78, 5) is 17.9. The normalized spacial score (nSPS) is 16.0. The number of hydrogen-bond donors (Lipinski definition) is 3. The summed E-state index contributed by atoms with van der Waals surface area (Å²) in [5.41, 5.74) is 1.28. The maximum absolute atomic E-state index is 12.0. The zero-order valence-electron chi connectivity index (χ0n) is 14.9. The maximum atomic E-state index is 12.0. The molecule has 6 heteroatoms. The van der Waals surface area contributed by atoms with E-state index in [1.807, 2.05) is 6.92 Å². The average molecular weight is 351 g/mol. The molecule has 5 nitrogen and oxygen atoms in total. The fraction of sp³-hybridized carbons (Fsp3) is 0.667. The van der Waals surface area contributed by atoms with Crippen molar-refractivity contribution in [1.82, 2.24) is 16.0 Å². The molecular weight excluding hydrogens is 320 g/mol. The van der Waals surface area contributed by atoms with Crippen molar-refractivity contribution in [3.63, 3.8) is 0 Å². The lowest BCUT2D eigenvalue weighted by Gasteiger charge is -2.22. The van der Waals surface area contributed by atoms with Crippen LogP contribution in [0.15, 0.2) is 16.4 Å². The van der Waals surface area contributed by atoms with E-state index in [-0.39, 0.29) is 5.91 Å². The number of hydrogen-bond acceptors (Lipinski definition) is 3. The average Bonchev–Trinajstić information content (AvgIpc) is 2.98. The highest BCUT2D eigenvalue weighted by Gasteiger charge is 2.15. The van der Waals surface area contributed by atoms with E-state index in [1.54, 1.807) is 11.3 Å². The van der Waals surface area contributed by atoms with Crippen LogP contribution in [0.3, 0.4) is 0 Å². The molecule has 0 aliphatic heterocycles. The number of aryl methyl sites for hydroxylation is 1. The number of carbonyl (C=O) groups is 1.